The van der Waals surface area contributed by atoms with Gasteiger partial charge in [0, 0.05) is 17.6 Å². The summed E-state index contributed by atoms with van der Waals surface area (Å²) < 4.78 is 5.85. The molecule has 19 heavy (non-hydrogen) atoms. The molecule has 1 atom stereocenters. The van der Waals surface area contributed by atoms with Crippen LogP contribution in [0.2, 0.25) is 0 Å². The van der Waals surface area contributed by atoms with Gasteiger partial charge in [-0.3, -0.25) is 4.79 Å². The Hall–Kier alpha value is -1.07. The van der Waals surface area contributed by atoms with E-state index in [4.69, 9.17) is 9.84 Å². The van der Waals surface area contributed by atoms with Crippen LogP contribution in [-0.2, 0) is 0 Å². The Kier molecular flexibility index (Phi) is 6.87. The number of methoxy groups -OCH3 is 1. The highest BCUT2D eigenvalue weighted by Crippen LogP contribution is 2.22. The van der Waals surface area contributed by atoms with Gasteiger partial charge in [-0.1, -0.05) is 6.92 Å². The number of amides is 1. The van der Waals surface area contributed by atoms with E-state index < -0.39 is 0 Å². The van der Waals surface area contributed by atoms with Crippen molar-refractivity contribution < 1.29 is 14.6 Å². The lowest BCUT2D eigenvalue weighted by atomic mass is 10.1. The predicted molar refractivity (Wildman–Crippen MR) is 78.5 cm³/mol. The second-order valence-electron chi connectivity index (χ2n) is 4.53. The predicted octanol–water partition coefficient (Wildman–Crippen LogP) is 2.60. The molecule has 0 aliphatic rings. The molecule has 0 aliphatic carbocycles. The van der Waals surface area contributed by atoms with E-state index in [0.717, 1.165) is 17.3 Å². The average molecular weight is 330 g/mol. The summed E-state index contributed by atoms with van der Waals surface area (Å²) in [5, 5.41) is 11.7. The lowest BCUT2D eigenvalue weighted by Crippen LogP contribution is -2.28. The third kappa shape index (κ3) is 5.20. The van der Waals surface area contributed by atoms with Crippen molar-refractivity contribution in [1.29, 1.82) is 0 Å². The largest absolute Gasteiger partial charge is 0.497 e. The van der Waals surface area contributed by atoms with Crippen LogP contribution >= 0.6 is 15.9 Å². The van der Waals surface area contributed by atoms with Crippen molar-refractivity contribution in [2.45, 2.75) is 19.8 Å². The molecule has 1 amide bonds. The molecule has 0 fully saturated rings. The Morgan fingerprint density at radius 3 is 2.89 bits per heavy atom. The molecule has 5 heteroatoms. The Labute approximate surface area is 122 Å². The van der Waals surface area contributed by atoms with E-state index >= 15 is 0 Å². The Balaban J connectivity index is 2.58. The minimum absolute atomic E-state index is 0.123. The van der Waals surface area contributed by atoms with Crippen LogP contribution in [0.5, 0.6) is 5.75 Å². The number of hydrogen-bond donors (Lipinski definition) is 2. The van der Waals surface area contributed by atoms with Gasteiger partial charge in [0.2, 0.25) is 0 Å². The van der Waals surface area contributed by atoms with Crippen LogP contribution in [0, 0.1) is 5.92 Å². The van der Waals surface area contributed by atoms with Crippen LogP contribution in [-0.4, -0.2) is 31.3 Å². The molecule has 4 nitrogen and oxygen atoms in total. The lowest BCUT2D eigenvalue weighted by Gasteiger charge is -2.13. The SMILES string of the molecule is COc1ccc(Br)c(C(=O)NCC(C)CCCO)c1. The molecule has 1 unspecified atom stereocenters. The maximum atomic E-state index is 12.1. The van der Waals surface area contributed by atoms with Gasteiger partial charge in [-0.25, -0.2) is 0 Å². The summed E-state index contributed by atoms with van der Waals surface area (Å²) in [6.07, 6.45) is 1.66. The number of aliphatic hydroxyl groups is 1. The molecule has 0 saturated carbocycles. The van der Waals surface area contributed by atoms with Crippen LogP contribution in [0.25, 0.3) is 0 Å². The van der Waals surface area contributed by atoms with Crippen molar-refractivity contribution in [3.8, 4) is 5.75 Å². The summed E-state index contributed by atoms with van der Waals surface area (Å²) in [6, 6.07) is 5.30. The number of halogens is 1. The van der Waals surface area contributed by atoms with Gasteiger partial charge in [0.25, 0.3) is 5.91 Å². The van der Waals surface area contributed by atoms with E-state index in [0.29, 0.717) is 23.8 Å². The smallest absolute Gasteiger partial charge is 0.252 e. The molecule has 1 aromatic carbocycles. The molecule has 0 saturated heterocycles. The van der Waals surface area contributed by atoms with E-state index in [9.17, 15) is 4.79 Å². The first-order valence-corrected chi connectivity index (χ1v) is 7.10. The highest BCUT2D eigenvalue weighted by Gasteiger charge is 2.12. The third-order valence-corrected chi connectivity index (χ3v) is 3.58. The van der Waals surface area contributed by atoms with Crippen LogP contribution < -0.4 is 10.1 Å². The summed E-state index contributed by atoms with van der Waals surface area (Å²) >= 11 is 3.36. The van der Waals surface area contributed by atoms with Crippen molar-refractivity contribution in [3.63, 3.8) is 0 Å². The van der Waals surface area contributed by atoms with Crippen molar-refractivity contribution >= 4 is 21.8 Å². The van der Waals surface area contributed by atoms with Gasteiger partial charge >= 0.3 is 0 Å². The number of rotatable bonds is 7. The third-order valence-electron chi connectivity index (χ3n) is 2.88. The normalized spacial score (nSPS) is 12.0. The van der Waals surface area contributed by atoms with Gasteiger partial charge in [0.15, 0.2) is 0 Å². The average Bonchev–Trinajstić information content (AvgIpc) is 2.43. The number of nitrogens with one attached hydrogen (secondary N) is 1. The summed E-state index contributed by atoms with van der Waals surface area (Å²) in [5.74, 6) is 0.879. The Morgan fingerprint density at radius 2 is 2.26 bits per heavy atom. The molecule has 1 aromatic rings. The summed E-state index contributed by atoms with van der Waals surface area (Å²) in [4.78, 5) is 12.1. The van der Waals surface area contributed by atoms with Crippen molar-refractivity contribution in [3.05, 3.63) is 28.2 Å². The van der Waals surface area contributed by atoms with Crippen LogP contribution in [0.1, 0.15) is 30.1 Å². The summed E-state index contributed by atoms with van der Waals surface area (Å²) in [5.41, 5.74) is 0.564. The van der Waals surface area contributed by atoms with Gasteiger partial charge < -0.3 is 15.2 Å². The number of carbonyl (C=O) groups excluding carboxylic acids is 1. The monoisotopic (exact) mass is 329 g/mol. The van der Waals surface area contributed by atoms with Gasteiger partial charge in [0.1, 0.15) is 5.75 Å². The molecule has 0 aromatic heterocycles. The zero-order valence-electron chi connectivity index (χ0n) is 11.3. The number of benzene rings is 1. The molecule has 0 heterocycles. The second-order valence-corrected chi connectivity index (χ2v) is 5.38. The van der Waals surface area contributed by atoms with E-state index in [1.807, 2.05) is 0 Å². The quantitative estimate of drug-likeness (QED) is 0.808. The number of aliphatic hydroxyl groups excluding tert-OH is 1. The lowest BCUT2D eigenvalue weighted by molar-refractivity contribution is 0.0946. The zero-order valence-corrected chi connectivity index (χ0v) is 12.9. The van der Waals surface area contributed by atoms with E-state index in [2.05, 4.69) is 28.2 Å². The van der Waals surface area contributed by atoms with Crippen LogP contribution in [0.3, 0.4) is 0 Å². The van der Waals surface area contributed by atoms with Crippen molar-refractivity contribution in [1.82, 2.24) is 5.32 Å². The highest BCUT2D eigenvalue weighted by molar-refractivity contribution is 9.10. The topological polar surface area (TPSA) is 58.6 Å². The van der Waals surface area contributed by atoms with Crippen molar-refractivity contribution in [2.24, 2.45) is 5.92 Å². The standard InChI is InChI=1S/C14H20BrNO3/c1-10(4-3-7-17)9-16-14(18)12-8-11(19-2)5-6-13(12)15/h5-6,8,10,17H,3-4,7,9H2,1-2H3,(H,16,18). The first-order valence-electron chi connectivity index (χ1n) is 6.31. The molecule has 0 spiro atoms. The van der Waals surface area contributed by atoms with Gasteiger partial charge in [-0.2, -0.15) is 0 Å². The minimum atomic E-state index is -0.123. The van der Waals surface area contributed by atoms with Gasteiger partial charge in [-0.15, -0.1) is 0 Å². The van der Waals surface area contributed by atoms with Gasteiger partial charge in [0.05, 0.1) is 12.7 Å². The van der Waals surface area contributed by atoms with Crippen LogP contribution in [0.4, 0.5) is 0 Å². The molecule has 0 radical (unpaired) electrons. The van der Waals surface area contributed by atoms with E-state index in [1.54, 1.807) is 25.3 Å². The molecule has 0 bridgehead atoms. The first kappa shape index (κ1) is 16.0. The number of hydrogen-bond acceptors (Lipinski definition) is 3. The Bertz CT molecular complexity index is 423. The maximum Gasteiger partial charge on any atom is 0.252 e. The van der Waals surface area contributed by atoms with Gasteiger partial charge in [-0.05, 0) is 52.9 Å². The molecule has 1 rings (SSSR count). The Morgan fingerprint density at radius 1 is 1.53 bits per heavy atom. The summed E-state index contributed by atoms with van der Waals surface area (Å²) in [6.45, 7) is 2.85. The zero-order chi connectivity index (χ0) is 14.3. The van der Waals surface area contributed by atoms with Crippen LogP contribution in [0.15, 0.2) is 22.7 Å². The van der Waals surface area contributed by atoms with E-state index in [-0.39, 0.29) is 12.5 Å². The number of ether oxygens (including phenoxy) is 1. The molecule has 2 N–H and O–H groups in total. The maximum absolute atomic E-state index is 12.1. The first-order chi connectivity index (χ1) is 9.08. The fourth-order valence-corrected chi connectivity index (χ4v) is 2.14. The molecular weight excluding hydrogens is 310 g/mol. The number of carbonyl (C=O) groups is 1. The molecule has 0 aliphatic heterocycles. The van der Waals surface area contributed by atoms with Crippen molar-refractivity contribution in [2.75, 3.05) is 20.3 Å². The minimum Gasteiger partial charge on any atom is -0.497 e. The fraction of sp³-hybridized carbons (Fsp3) is 0.500. The molecular formula is C14H20BrNO3. The second kappa shape index (κ2) is 8.17. The van der Waals surface area contributed by atoms with E-state index in [1.165, 1.54) is 0 Å². The molecule has 106 valence electrons. The summed E-state index contributed by atoms with van der Waals surface area (Å²) in [7, 11) is 1.57. The highest BCUT2D eigenvalue weighted by atomic mass is 79.9. The fourth-order valence-electron chi connectivity index (χ4n) is 1.71.